The molecule has 2 aliphatic rings. The number of halogens is 1. The van der Waals surface area contributed by atoms with Crippen molar-refractivity contribution in [2.24, 2.45) is 0 Å². The summed E-state index contributed by atoms with van der Waals surface area (Å²) >= 11 is 0. The number of rotatable bonds is 7. The van der Waals surface area contributed by atoms with Gasteiger partial charge in [0.15, 0.2) is 6.17 Å². The van der Waals surface area contributed by atoms with Crippen LogP contribution in [-0.2, 0) is 19.0 Å². The molecular formula is C15H24FNaO12. The maximum atomic E-state index is 15.1. The maximum absolute atomic E-state index is 15.1. The third-order valence-corrected chi connectivity index (χ3v) is 4.85. The summed E-state index contributed by atoms with van der Waals surface area (Å²) in [5, 5.41) is 78.9. The third kappa shape index (κ3) is 5.83. The molecule has 0 aromatic carbocycles. The Morgan fingerprint density at radius 3 is 1.86 bits per heavy atom. The largest absolute Gasteiger partial charge is 1.00 e. The summed E-state index contributed by atoms with van der Waals surface area (Å²) in [6.07, 6.45) is -19.9. The molecule has 2 fully saturated rings. The minimum Gasteiger partial charge on any atom is -0.548 e. The van der Waals surface area contributed by atoms with E-state index in [2.05, 4.69) is 0 Å². The molecule has 2 saturated heterocycles. The van der Waals surface area contributed by atoms with E-state index in [4.69, 9.17) is 14.2 Å². The Bertz CT molecular complexity index is 528. The van der Waals surface area contributed by atoms with E-state index < -0.39 is 93.0 Å². The van der Waals surface area contributed by atoms with Crippen LogP contribution < -0.4 is 34.7 Å². The molecule has 0 aromatic rings. The molecule has 2 heterocycles. The first-order chi connectivity index (χ1) is 13.1. The molecule has 12 nitrogen and oxygen atoms in total. The summed E-state index contributed by atoms with van der Waals surface area (Å²) in [7, 11) is 0. The van der Waals surface area contributed by atoms with Gasteiger partial charge >= 0.3 is 29.6 Å². The van der Waals surface area contributed by atoms with Crippen LogP contribution in [-0.4, -0.2) is 129 Å². The fourth-order valence-corrected chi connectivity index (χ4v) is 3.32. The van der Waals surface area contributed by atoms with Gasteiger partial charge in [0, 0.05) is 0 Å². The fourth-order valence-electron chi connectivity index (χ4n) is 3.32. The van der Waals surface area contributed by atoms with Gasteiger partial charge in [-0.15, -0.1) is 0 Å². The van der Waals surface area contributed by atoms with Gasteiger partial charge in [-0.1, -0.05) is 0 Å². The molecule has 0 bridgehead atoms. The van der Waals surface area contributed by atoms with Gasteiger partial charge in [-0.2, -0.15) is 0 Å². The Morgan fingerprint density at radius 2 is 1.38 bits per heavy atom. The first-order valence-corrected chi connectivity index (χ1v) is 8.52. The van der Waals surface area contributed by atoms with E-state index in [0.717, 1.165) is 0 Å². The summed E-state index contributed by atoms with van der Waals surface area (Å²) in [4.78, 5) is 10.6. The summed E-state index contributed by atoms with van der Waals surface area (Å²) in [5.74, 6) is -1.67. The van der Waals surface area contributed by atoms with Crippen molar-refractivity contribution in [3.05, 3.63) is 0 Å². The molecule has 0 aromatic heterocycles. The monoisotopic (exact) mass is 438 g/mol. The van der Waals surface area contributed by atoms with Crippen molar-refractivity contribution in [3.63, 3.8) is 0 Å². The number of carbonyl (C=O) groups is 1. The maximum Gasteiger partial charge on any atom is 1.00 e. The molecule has 0 saturated carbocycles. The van der Waals surface area contributed by atoms with Crippen LogP contribution in [0.2, 0.25) is 0 Å². The molecule has 7 N–H and O–H groups in total. The first kappa shape index (κ1) is 27.0. The number of aliphatic hydroxyl groups is 7. The van der Waals surface area contributed by atoms with Crippen LogP contribution >= 0.6 is 0 Å². The van der Waals surface area contributed by atoms with Crippen LogP contribution in [0.15, 0.2) is 0 Å². The Balaban J connectivity index is 0.00000420. The minimum atomic E-state index is -2.39. The number of hydrogen-bond donors (Lipinski definition) is 7. The number of aliphatic carboxylic acids is 1. The Labute approximate surface area is 186 Å². The van der Waals surface area contributed by atoms with Crippen molar-refractivity contribution in [1.29, 1.82) is 0 Å². The number of carboxylic acids is 1. The van der Waals surface area contributed by atoms with Gasteiger partial charge in [-0.05, 0) is 0 Å². The zero-order chi connectivity index (χ0) is 21.2. The standard InChI is InChI=1S/C15H25FO12.Na/c16-7(13-11(24)10(23)8(21)4(1-17)27-13)14-12(25)15(26-3-6(19)20)9(22)5(2-18)28-14;/h4-5,7-15,17-18,21-25H,1-3H2,(H,19,20);/q;+1/p-1/t4-,5-,7?,8-,9+,10+,11+,12+,13-,14?,15+;/m1./s1. The quantitative estimate of drug-likeness (QED) is 0.185. The second-order valence-electron chi connectivity index (χ2n) is 6.69. The topological polar surface area (TPSA) is 209 Å². The van der Waals surface area contributed by atoms with Crippen molar-refractivity contribution >= 4 is 5.97 Å². The zero-order valence-electron chi connectivity index (χ0n) is 15.5. The second kappa shape index (κ2) is 11.6. The normalized spacial score (nSPS) is 44.0. The van der Waals surface area contributed by atoms with Gasteiger partial charge in [0.1, 0.15) is 61.0 Å². The van der Waals surface area contributed by atoms with Crippen LogP contribution in [0.25, 0.3) is 0 Å². The van der Waals surface area contributed by atoms with Crippen LogP contribution in [0.3, 0.4) is 0 Å². The predicted octanol–water partition coefficient (Wildman–Crippen LogP) is -9.21. The summed E-state index contributed by atoms with van der Waals surface area (Å²) in [6.45, 7) is -2.69. The van der Waals surface area contributed by atoms with E-state index in [9.17, 15) is 45.6 Å². The SMILES string of the molecule is O=C([O-])CO[C@H]1[C@@H](O)[C@@H](CO)OC(C(F)[C@H]2O[C@H](CO)[C@@H](O)[C@H](O)[C@@H]2O)[C@@H]1O.[Na+]. The Kier molecular flexibility index (Phi) is 10.8. The number of ether oxygens (including phenoxy) is 3. The average molecular weight is 438 g/mol. The molecule has 2 aliphatic heterocycles. The zero-order valence-corrected chi connectivity index (χ0v) is 17.5. The smallest absolute Gasteiger partial charge is 0.548 e. The summed E-state index contributed by atoms with van der Waals surface area (Å²) in [6, 6.07) is 0. The first-order valence-electron chi connectivity index (χ1n) is 8.52. The molecular weight excluding hydrogens is 414 g/mol. The molecule has 2 unspecified atom stereocenters. The Morgan fingerprint density at radius 1 is 0.897 bits per heavy atom. The van der Waals surface area contributed by atoms with Crippen molar-refractivity contribution in [2.75, 3.05) is 19.8 Å². The molecule has 0 spiro atoms. The molecule has 164 valence electrons. The van der Waals surface area contributed by atoms with E-state index in [-0.39, 0.29) is 29.6 Å². The van der Waals surface area contributed by atoms with Crippen LogP contribution in [0.4, 0.5) is 4.39 Å². The number of carbonyl (C=O) groups excluding carboxylic acids is 1. The van der Waals surface area contributed by atoms with E-state index in [1.165, 1.54) is 0 Å². The van der Waals surface area contributed by atoms with Crippen LogP contribution in [0.5, 0.6) is 0 Å². The van der Waals surface area contributed by atoms with Gasteiger partial charge in [0.2, 0.25) is 0 Å². The van der Waals surface area contributed by atoms with Gasteiger partial charge in [0.25, 0.3) is 0 Å². The minimum absolute atomic E-state index is 0. The Hall–Kier alpha value is -0.000000000000000444. The molecule has 0 radical (unpaired) electrons. The van der Waals surface area contributed by atoms with Crippen molar-refractivity contribution in [2.45, 2.75) is 67.2 Å². The third-order valence-electron chi connectivity index (χ3n) is 4.85. The second-order valence-corrected chi connectivity index (χ2v) is 6.69. The van der Waals surface area contributed by atoms with Crippen molar-refractivity contribution in [3.8, 4) is 0 Å². The fraction of sp³-hybridized carbons (Fsp3) is 0.933. The number of hydrogen-bond acceptors (Lipinski definition) is 12. The number of carboxylic acid groups (broad SMARTS) is 1. The molecule has 0 aliphatic carbocycles. The van der Waals surface area contributed by atoms with Crippen LogP contribution in [0.1, 0.15) is 0 Å². The molecule has 2 rings (SSSR count). The van der Waals surface area contributed by atoms with Gasteiger partial charge < -0.3 is 59.9 Å². The summed E-state index contributed by atoms with van der Waals surface area (Å²) in [5.41, 5.74) is 0. The van der Waals surface area contributed by atoms with Gasteiger partial charge in [-0.3, -0.25) is 0 Å². The van der Waals surface area contributed by atoms with Crippen molar-refractivity contribution in [1.82, 2.24) is 0 Å². The van der Waals surface area contributed by atoms with Gasteiger partial charge in [-0.25, -0.2) is 4.39 Å². The molecule has 0 amide bonds. The molecule has 11 atom stereocenters. The van der Waals surface area contributed by atoms with E-state index in [1.54, 1.807) is 0 Å². The van der Waals surface area contributed by atoms with Crippen LogP contribution in [0, 0.1) is 0 Å². The number of alkyl halides is 1. The van der Waals surface area contributed by atoms with E-state index in [0.29, 0.717) is 0 Å². The van der Waals surface area contributed by atoms with E-state index in [1.807, 2.05) is 0 Å². The predicted molar refractivity (Wildman–Crippen MR) is 81.2 cm³/mol. The number of aliphatic hydroxyl groups excluding tert-OH is 7. The van der Waals surface area contributed by atoms with E-state index >= 15 is 4.39 Å². The van der Waals surface area contributed by atoms with Crippen molar-refractivity contribution < 1.29 is 93.8 Å². The van der Waals surface area contributed by atoms with Gasteiger partial charge in [0.05, 0.1) is 25.8 Å². The average Bonchev–Trinajstić information content (AvgIpc) is 2.66. The summed E-state index contributed by atoms with van der Waals surface area (Å²) < 4.78 is 30.1. The molecule has 29 heavy (non-hydrogen) atoms. The molecule has 14 heteroatoms.